The molecule has 0 saturated carbocycles. The molecule has 0 aromatic heterocycles. The predicted octanol–water partition coefficient (Wildman–Crippen LogP) is -8.73. The van der Waals surface area contributed by atoms with Gasteiger partial charge in [0.2, 0.25) is 0 Å². The molecule has 0 heterocycles. The number of hydrogen-bond acceptors (Lipinski definition) is 1. The molecule has 0 spiro atoms. The summed E-state index contributed by atoms with van der Waals surface area (Å²) in [5, 5.41) is 0. The van der Waals surface area contributed by atoms with Gasteiger partial charge in [0.1, 0.15) is 0 Å². The third kappa shape index (κ3) is 28.2. The van der Waals surface area contributed by atoms with Gasteiger partial charge in [0.25, 0.3) is 0 Å². The maximum absolute atomic E-state index is 4.25. The second-order valence-electron chi connectivity index (χ2n) is 0.408. The van der Waals surface area contributed by atoms with Gasteiger partial charge in [0.05, 0.1) is 0 Å². The Balaban J connectivity index is -0.00000000667. The molecular formula is C2H6Na3O+3. The minimum absolute atomic E-state index is 0. The Morgan fingerprint density at radius 1 is 0.833 bits per heavy atom. The van der Waals surface area contributed by atoms with Crippen molar-refractivity contribution in [2.24, 2.45) is 0 Å². The van der Waals surface area contributed by atoms with Crippen LogP contribution in [0.1, 0.15) is 0 Å². The van der Waals surface area contributed by atoms with Crippen LogP contribution in [-0.4, -0.2) is 14.2 Å². The fourth-order valence-electron chi connectivity index (χ4n) is 0. The molecule has 0 aromatic carbocycles. The van der Waals surface area contributed by atoms with Crippen molar-refractivity contribution < 1.29 is 93.4 Å². The summed E-state index contributed by atoms with van der Waals surface area (Å²) in [6.07, 6.45) is 0. The summed E-state index contributed by atoms with van der Waals surface area (Å²) in [6.45, 7) is 0. The molecule has 20 valence electrons. The van der Waals surface area contributed by atoms with E-state index in [1.807, 2.05) is 0 Å². The smallest absolute Gasteiger partial charge is 0.388 e. The molecule has 0 aliphatic heterocycles. The van der Waals surface area contributed by atoms with Crippen molar-refractivity contribution in [3.63, 3.8) is 0 Å². The van der Waals surface area contributed by atoms with E-state index in [4.69, 9.17) is 0 Å². The maximum atomic E-state index is 4.25. The Morgan fingerprint density at radius 3 is 0.833 bits per heavy atom. The molecule has 0 aliphatic rings. The molecule has 0 unspecified atom stereocenters. The Morgan fingerprint density at radius 2 is 0.833 bits per heavy atom. The van der Waals surface area contributed by atoms with Gasteiger partial charge in [-0.15, -0.1) is 0 Å². The summed E-state index contributed by atoms with van der Waals surface area (Å²) in [7, 11) is 3.25. The summed E-state index contributed by atoms with van der Waals surface area (Å²) in [5.74, 6) is 0. The van der Waals surface area contributed by atoms with Crippen molar-refractivity contribution in [3.05, 3.63) is 0 Å². The van der Waals surface area contributed by atoms with E-state index in [0.29, 0.717) is 0 Å². The zero-order valence-electron chi connectivity index (χ0n) is 5.41. The van der Waals surface area contributed by atoms with Crippen LogP contribution in [0.25, 0.3) is 0 Å². The van der Waals surface area contributed by atoms with E-state index in [1.54, 1.807) is 14.2 Å². The number of methoxy groups -OCH3 is 1. The monoisotopic (exact) mass is 115 g/mol. The standard InChI is InChI=1S/C2H6O.3Na/c1-3-2;;;/h1-2H3;;;/q;3*+1. The van der Waals surface area contributed by atoms with Crippen molar-refractivity contribution in [2.75, 3.05) is 14.2 Å². The van der Waals surface area contributed by atoms with E-state index in [1.165, 1.54) is 0 Å². The van der Waals surface area contributed by atoms with Crippen molar-refractivity contribution in [2.45, 2.75) is 0 Å². The molecule has 4 heteroatoms. The van der Waals surface area contributed by atoms with E-state index in [0.717, 1.165) is 0 Å². The molecule has 6 heavy (non-hydrogen) atoms. The minimum atomic E-state index is 0. The molecule has 0 bridgehead atoms. The summed E-state index contributed by atoms with van der Waals surface area (Å²) >= 11 is 0. The van der Waals surface area contributed by atoms with E-state index in [9.17, 15) is 0 Å². The zero-order chi connectivity index (χ0) is 2.71. The molecule has 0 aromatic rings. The third-order valence-electron chi connectivity index (χ3n) is 0. The average molecular weight is 115 g/mol. The molecule has 0 rings (SSSR count). The molecule has 0 fully saturated rings. The quantitative estimate of drug-likeness (QED) is 0.285. The molecule has 0 saturated heterocycles. The van der Waals surface area contributed by atoms with Crippen LogP contribution in [0.4, 0.5) is 0 Å². The first-order valence-corrected chi connectivity index (χ1v) is 0.816. The largest absolute Gasteiger partial charge is 1.00 e. The second-order valence-corrected chi connectivity index (χ2v) is 0.408. The van der Waals surface area contributed by atoms with E-state index in [2.05, 4.69) is 4.74 Å². The first-order valence-electron chi connectivity index (χ1n) is 0.816. The van der Waals surface area contributed by atoms with Gasteiger partial charge in [-0.2, -0.15) is 0 Å². The van der Waals surface area contributed by atoms with Gasteiger partial charge in [0, 0.05) is 14.2 Å². The Bertz CT molecular complexity index is 8.75. The molecule has 0 aliphatic carbocycles. The third-order valence-corrected chi connectivity index (χ3v) is 0. The summed E-state index contributed by atoms with van der Waals surface area (Å²) < 4.78 is 4.25. The Labute approximate surface area is 105 Å². The normalized spacial score (nSPS) is 3.00. The van der Waals surface area contributed by atoms with E-state index in [-0.39, 0.29) is 88.7 Å². The Kier molecular flexibility index (Phi) is 94.6. The molecule has 0 N–H and O–H groups in total. The number of rotatable bonds is 0. The summed E-state index contributed by atoms with van der Waals surface area (Å²) in [5.41, 5.74) is 0. The van der Waals surface area contributed by atoms with Gasteiger partial charge in [0.15, 0.2) is 0 Å². The van der Waals surface area contributed by atoms with Crippen LogP contribution >= 0.6 is 0 Å². The first-order chi connectivity index (χ1) is 1.41. The SMILES string of the molecule is COC.[Na+].[Na+].[Na+]. The fourth-order valence-corrected chi connectivity index (χ4v) is 0. The van der Waals surface area contributed by atoms with Crippen molar-refractivity contribution in [1.29, 1.82) is 0 Å². The average Bonchev–Trinajstić information content (AvgIpc) is 0.918. The van der Waals surface area contributed by atoms with Crippen LogP contribution in [0.5, 0.6) is 0 Å². The van der Waals surface area contributed by atoms with Crippen LogP contribution in [0.3, 0.4) is 0 Å². The topological polar surface area (TPSA) is 9.23 Å². The van der Waals surface area contributed by atoms with Crippen molar-refractivity contribution in [3.8, 4) is 0 Å². The molecule has 0 atom stereocenters. The first kappa shape index (κ1) is 23.1. The summed E-state index contributed by atoms with van der Waals surface area (Å²) in [4.78, 5) is 0. The van der Waals surface area contributed by atoms with Gasteiger partial charge >= 0.3 is 88.7 Å². The van der Waals surface area contributed by atoms with Gasteiger partial charge in [-0.1, -0.05) is 0 Å². The fraction of sp³-hybridized carbons (Fsp3) is 1.00. The number of ether oxygens (including phenoxy) is 1. The maximum Gasteiger partial charge on any atom is 1.00 e. The van der Waals surface area contributed by atoms with Gasteiger partial charge in [-0.25, -0.2) is 0 Å². The van der Waals surface area contributed by atoms with Crippen LogP contribution in [-0.2, 0) is 4.74 Å². The minimum Gasteiger partial charge on any atom is -0.388 e. The van der Waals surface area contributed by atoms with Crippen molar-refractivity contribution in [1.82, 2.24) is 0 Å². The Hall–Kier alpha value is 2.96. The van der Waals surface area contributed by atoms with Crippen molar-refractivity contribution >= 4 is 0 Å². The predicted molar refractivity (Wildman–Crippen MR) is 12.9 cm³/mol. The van der Waals surface area contributed by atoms with Crippen LogP contribution in [0.15, 0.2) is 0 Å². The van der Waals surface area contributed by atoms with E-state index < -0.39 is 0 Å². The second kappa shape index (κ2) is 24.6. The molecule has 0 amide bonds. The molecular weight excluding hydrogens is 109 g/mol. The van der Waals surface area contributed by atoms with Crippen LogP contribution in [0, 0.1) is 0 Å². The zero-order valence-corrected chi connectivity index (χ0v) is 11.4. The number of hydrogen-bond donors (Lipinski definition) is 0. The van der Waals surface area contributed by atoms with Gasteiger partial charge in [-0.05, 0) is 0 Å². The molecule has 0 radical (unpaired) electrons. The molecule has 1 nitrogen and oxygen atoms in total. The van der Waals surface area contributed by atoms with Gasteiger partial charge < -0.3 is 4.74 Å². The van der Waals surface area contributed by atoms with E-state index >= 15 is 0 Å². The summed E-state index contributed by atoms with van der Waals surface area (Å²) in [6, 6.07) is 0. The van der Waals surface area contributed by atoms with Gasteiger partial charge in [-0.3, -0.25) is 0 Å². The van der Waals surface area contributed by atoms with Crippen LogP contribution in [0.2, 0.25) is 0 Å². The van der Waals surface area contributed by atoms with Crippen LogP contribution < -0.4 is 88.7 Å².